The molecule has 2 aromatic carbocycles. The van der Waals surface area contributed by atoms with Gasteiger partial charge in [0.15, 0.2) is 11.5 Å². The second-order valence-electron chi connectivity index (χ2n) is 5.00. The first kappa shape index (κ1) is 14.0. The maximum absolute atomic E-state index is 11.5. The summed E-state index contributed by atoms with van der Waals surface area (Å²) in [6, 6.07) is 10.8. The predicted molar refractivity (Wildman–Crippen MR) is 85.3 cm³/mol. The van der Waals surface area contributed by atoms with Gasteiger partial charge < -0.3 is 9.47 Å². The van der Waals surface area contributed by atoms with Crippen LogP contribution in [-0.4, -0.2) is 29.3 Å². The lowest BCUT2D eigenvalue weighted by Gasteiger charge is -2.18. The summed E-state index contributed by atoms with van der Waals surface area (Å²) >= 11 is 1.47. The Morgan fingerprint density at radius 2 is 1.96 bits per heavy atom. The number of ether oxygens (including phenoxy) is 2. The lowest BCUT2D eigenvalue weighted by atomic mass is 10.2. The zero-order valence-corrected chi connectivity index (χ0v) is 12.7. The molecule has 6 nitrogen and oxygen atoms in total. The molecular formula is C16H12N2O4S. The van der Waals surface area contributed by atoms with Crippen molar-refractivity contribution in [1.82, 2.24) is 10.5 Å². The Hall–Kier alpha value is -2.64. The number of aromatic nitrogens is 1. The molecule has 2 heterocycles. The third kappa shape index (κ3) is 2.49. The van der Waals surface area contributed by atoms with Crippen molar-refractivity contribution in [3.05, 3.63) is 42.0 Å². The number of thiazole rings is 1. The first-order chi connectivity index (χ1) is 11.2. The van der Waals surface area contributed by atoms with E-state index < -0.39 is 5.91 Å². The minimum atomic E-state index is -0.541. The van der Waals surface area contributed by atoms with Crippen LogP contribution in [0.4, 0.5) is 0 Å². The number of rotatable bonds is 2. The summed E-state index contributed by atoms with van der Waals surface area (Å²) in [6.07, 6.45) is 0. The van der Waals surface area contributed by atoms with E-state index in [4.69, 9.17) is 14.7 Å². The Morgan fingerprint density at radius 3 is 2.78 bits per heavy atom. The number of nitrogens with one attached hydrogen (secondary N) is 1. The Kier molecular flexibility index (Phi) is 3.36. The van der Waals surface area contributed by atoms with Crippen molar-refractivity contribution < 1.29 is 19.5 Å². The molecule has 2 N–H and O–H groups in total. The lowest BCUT2D eigenvalue weighted by Crippen LogP contribution is -2.18. The largest absolute Gasteiger partial charge is 0.486 e. The number of fused-ring (bicyclic) bond motifs is 2. The van der Waals surface area contributed by atoms with E-state index in [1.165, 1.54) is 11.3 Å². The number of carbonyl (C=O) groups excluding carboxylic acids is 1. The maximum Gasteiger partial charge on any atom is 0.274 e. The fourth-order valence-corrected chi connectivity index (χ4v) is 3.43. The quantitative estimate of drug-likeness (QED) is 0.558. The van der Waals surface area contributed by atoms with Gasteiger partial charge in [0.2, 0.25) is 0 Å². The van der Waals surface area contributed by atoms with E-state index in [1.54, 1.807) is 23.7 Å². The summed E-state index contributed by atoms with van der Waals surface area (Å²) in [5.41, 5.74) is 3.75. The standard InChI is InChI=1S/C16H12N2O4S/c19-15(18-20)9-1-3-11-14(8-9)23-16(17-11)10-2-4-12-13(7-10)22-6-5-21-12/h1-4,7-8,20H,5-6H2,(H,18,19). The van der Waals surface area contributed by atoms with E-state index in [2.05, 4.69) is 4.98 Å². The molecule has 7 heteroatoms. The van der Waals surface area contributed by atoms with Crippen LogP contribution in [0.5, 0.6) is 11.5 Å². The van der Waals surface area contributed by atoms with Crippen LogP contribution in [-0.2, 0) is 0 Å². The smallest absolute Gasteiger partial charge is 0.274 e. The summed E-state index contributed by atoms with van der Waals surface area (Å²) in [5.74, 6) is 0.914. The lowest BCUT2D eigenvalue weighted by molar-refractivity contribution is 0.0706. The van der Waals surface area contributed by atoms with Crippen LogP contribution in [0.25, 0.3) is 20.8 Å². The molecule has 0 unspecified atom stereocenters. The van der Waals surface area contributed by atoms with Gasteiger partial charge in [0.1, 0.15) is 18.2 Å². The van der Waals surface area contributed by atoms with Crippen molar-refractivity contribution in [3.8, 4) is 22.1 Å². The number of hydroxylamine groups is 1. The Bertz CT molecular complexity index is 906. The molecule has 1 aromatic heterocycles. The third-order valence-electron chi connectivity index (χ3n) is 3.54. The van der Waals surface area contributed by atoms with Gasteiger partial charge in [-0.2, -0.15) is 0 Å². The van der Waals surface area contributed by atoms with Gasteiger partial charge in [0.25, 0.3) is 5.91 Å². The SMILES string of the molecule is O=C(NO)c1ccc2nc(-c3ccc4c(c3)OCCO4)sc2c1. The summed E-state index contributed by atoms with van der Waals surface area (Å²) in [6.45, 7) is 1.10. The van der Waals surface area contributed by atoms with E-state index >= 15 is 0 Å². The molecule has 0 aliphatic carbocycles. The molecule has 0 spiro atoms. The second kappa shape index (κ2) is 5.53. The molecule has 0 saturated carbocycles. The van der Waals surface area contributed by atoms with E-state index in [-0.39, 0.29) is 0 Å². The van der Waals surface area contributed by atoms with Crippen LogP contribution in [0, 0.1) is 0 Å². The molecule has 3 aromatic rings. The predicted octanol–water partition coefficient (Wildman–Crippen LogP) is 2.85. The number of benzene rings is 2. The summed E-state index contributed by atoms with van der Waals surface area (Å²) in [5, 5.41) is 9.55. The minimum absolute atomic E-state index is 0.386. The highest BCUT2D eigenvalue weighted by Crippen LogP contribution is 2.37. The minimum Gasteiger partial charge on any atom is -0.486 e. The molecule has 1 amide bonds. The average molecular weight is 328 g/mol. The van der Waals surface area contributed by atoms with Gasteiger partial charge >= 0.3 is 0 Å². The van der Waals surface area contributed by atoms with Gasteiger partial charge in [-0.15, -0.1) is 11.3 Å². The Morgan fingerprint density at radius 1 is 1.13 bits per heavy atom. The van der Waals surface area contributed by atoms with Crippen molar-refractivity contribution in [2.24, 2.45) is 0 Å². The van der Waals surface area contributed by atoms with Gasteiger partial charge in [0, 0.05) is 11.1 Å². The van der Waals surface area contributed by atoms with Gasteiger partial charge in [0.05, 0.1) is 10.2 Å². The van der Waals surface area contributed by atoms with Crippen LogP contribution in [0.3, 0.4) is 0 Å². The molecular weight excluding hydrogens is 316 g/mol. The number of amides is 1. The number of hydrogen-bond donors (Lipinski definition) is 2. The molecule has 4 rings (SSSR count). The van der Waals surface area contributed by atoms with Crippen LogP contribution in [0.1, 0.15) is 10.4 Å². The van der Waals surface area contributed by atoms with Crippen LogP contribution in [0.2, 0.25) is 0 Å². The monoisotopic (exact) mass is 328 g/mol. The Balaban J connectivity index is 1.75. The molecule has 0 bridgehead atoms. The van der Waals surface area contributed by atoms with Gasteiger partial charge in [-0.05, 0) is 36.4 Å². The van der Waals surface area contributed by atoms with Gasteiger partial charge in [-0.1, -0.05) is 0 Å². The fourth-order valence-electron chi connectivity index (χ4n) is 2.43. The molecule has 0 saturated heterocycles. The Labute approximate surface area is 135 Å². The highest BCUT2D eigenvalue weighted by atomic mass is 32.1. The third-order valence-corrected chi connectivity index (χ3v) is 4.61. The summed E-state index contributed by atoms with van der Waals surface area (Å²) in [4.78, 5) is 16.1. The molecule has 0 radical (unpaired) electrons. The molecule has 1 aliphatic rings. The van der Waals surface area contributed by atoms with Crippen molar-refractivity contribution in [3.63, 3.8) is 0 Å². The highest BCUT2D eigenvalue weighted by molar-refractivity contribution is 7.21. The van der Waals surface area contributed by atoms with E-state index in [9.17, 15) is 4.79 Å². The average Bonchev–Trinajstić information content (AvgIpc) is 3.03. The zero-order valence-electron chi connectivity index (χ0n) is 11.9. The highest BCUT2D eigenvalue weighted by Gasteiger charge is 2.15. The molecule has 0 atom stereocenters. The molecule has 116 valence electrons. The van der Waals surface area contributed by atoms with Crippen molar-refractivity contribution in [1.29, 1.82) is 0 Å². The molecule has 1 aliphatic heterocycles. The van der Waals surface area contributed by atoms with Crippen LogP contribution >= 0.6 is 11.3 Å². The molecule has 0 fully saturated rings. The van der Waals surface area contributed by atoms with E-state index in [0.29, 0.717) is 24.5 Å². The fraction of sp³-hybridized carbons (Fsp3) is 0.125. The topological polar surface area (TPSA) is 80.7 Å². The maximum atomic E-state index is 11.5. The van der Waals surface area contributed by atoms with Gasteiger partial charge in [-0.25, -0.2) is 10.5 Å². The van der Waals surface area contributed by atoms with Gasteiger partial charge in [-0.3, -0.25) is 10.0 Å². The van der Waals surface area contributed by atoms with E-state index in [1.807, 2.05) is 18.2 Å². The second-order valence-corrected chi connectivity index (χ2v) is 6.03. The zero-order chi connectivity index (χ0) is 15.8. The van der Waals surface area contributed by atoms with Crippen LogP contribution < -0.4 is 15.0 Å². The number of nitrogens with zero attached hydrogens (tertiary/aromatic N) is 1. The number of carbonyl (C=O) groups is 1. The van der Waals surface area contributed by atoms with Crippen molar-refractivity contribution >= 4 is 27.5 Å². The van der Waals surface area contributed by atoms with Crippen molar-refractivity contribution in [2.75, 3.05) is 13.2 Å². The summed E-state index contributed by atoms with van der Waals surface area (Å²) < 4.78 is 12.0. The van der Waals surface area contributed by atoms with E-state index in [0.717, 1.165) is 26.5 Å². The van der Waals surface area contributed by atoms with Crippen molar-refractivity contribution in [2.45, 2.75) is 0 Å². The first-order valence-corrected chi connectivity index (χ1v) is 7.81. The normalized spacial score (nSPS) is 13.1. The summed E-state index contributed by atoms with van der Waals surface area (Å²) in [7, 11) is 0. The number of hydrogen-bond acceptors (Lipinski definition) is 6. The first-order valence-electron chi connectivity index (χ1n) is 6.99. The van der Waals surface area contributed by atoms with Crippen LogP contribution in [0.15, 0.2) is 36.4 Å². The molecule has 23 heavy (non-hydrogen) atoms.